The number of nitrogens with zero attached hydrogens (tertiary/aromatic N) is 1. The van der Waals surface area contributed by atoms with E-state index in [2.05, 4.69) is 4.99 Å². The van der Waals surface area contributed by atoms with E-state index < -0.39 is 0 Å². The second kappa shape index (κ2) is 4.77. The highest BCUT2D eigenvalue weighted by molar-refractivity contribution is 6.30. The quantitative estimate of drug-likeness (QED) is 0.807. The van der Waals surface area contributed by atoms with E-state index in [1.807, 2.05) is 12.1 Å². The average Bonchev–Trinajstić information content (AvgIpc) is 2.76. The minimum Gasteiger partial charge on any atom is -0.454 e. The highest BCUT2D eigenvalue weighted by atomic mass is 35.5. The molecule has 4 heteroatoms. The summed E-state index contributed by atoms with van der Waals surface area (Å²) in [6.45, 7) is 0. The van der Waals surface area contributed by atoms with Crippen molar-refractivity contribution in [3.8, 4) is 0 Å². The number of rotatable bonds is 3. The first-order valence-corrected chi connectivity index (χ1v) is 5.06. The number of aliphatic imine (C=N–C) groups is 1. The van der Waals surface area contributed by atoms with Crippen LogP contribution in [0.15, 0.2) is 45.8 Å². The number of benzene rings is 1. The summed E-state index contributed by atoms with van der Waals surface area (Å²) in [5, 5.41) is 7.68. The Morgan fingerprint density at radius 3 is 2.38 bits per heavy atom. The predicted octanol–water partition coefficient (Wildman–Crippen LogP) is 3.68. The van der Waals surface area contributed by atoms with Crippen LogP contribution in [0, 0.1) is 5.41 Å². The number of halogens is 1. The molecule has 1 aromatic heterocycles. The lowest BCUT2D eigenvalue weighted by Gasteiger charge is -1.92. The highest BCUT2D eigenvalue weighted by Gasteiger charge is 1.95. The van der Waals surface area contributed by atoms with Gasteiger partial charge in [-0.1, -0.05) is 11.6 Å². The third kappa shape index (κ3) is 2.58. The van der Waals surface area contributed by atoms with Crippen LogP contribution in [0.25, 0.3) is 0 Å². The highest BCUT2D eigenvalue weighted by Crippen LogP contribution is 2.16. The molecule has 1 aromatic carbocycles. The molecule has 0 amide bonds. The van der Waals surface area contributed by atoms with Gasteiger partial charge < -0.3 is 9.83 Å². The summed E-state index contributed by atoms with van der Waals surface area (Å²) in [5.41, 5.74) is 0.803. The number of furan rings is 1. The molecule has 0 radical (unpaired) electrons. The third-order valence-corrected chi connectivity index (χ3v) is 2.21. The maximum absolute atomic E-state index is 7.00. The Morgan fingerprint density at radius 1 is 1.06 bits per heavy atom. The lowest BCUT2D eigenvalue weighted by Crippen LogP contribution is -1.75. The Bertz CT molecular complexity index is 514. The van der Waals surface area contributed by atoms with Crippen molar-refractivity contribution in [1.29, 1.82) is 5.41 Å². The van der Waals surface area contributed by atoms with Gasteiger partial charge in [0.25, 0.3) is 0 Å². The zero-order valence-corrected chi connectivity index (χ0v) is 9.11. The summed E-state index contributed by atoms with van der Waals surface area (Å²) in [7, 11) is 0. The minimum absolute atomic E-state index is 0.512. The summed E-state index contributed by atoms with van der Waals surface area (Å²) in [4.78, 5) is 4.21. The predicted molar refractivity (Wildman–Crippen MR) is 65.3 cm³/mol. The van der Waals surface area contributed by atoms with Crippen molar-refractivity contribution in [3.05, 3.63) is 52.9 Å². The third-order valence-electron chi connectivity index (χ3n) is 1.96. The standard InChI is InChI=1S/C12H9ClN2O/c13-9-1-3-10(4-2-9)15-8-12-6-5-11(7-14)16-12/h1-8,14H. The minimum atomic E-state index is 0.512. The van der Waals surface area contributed by atoms with Crippen molar-refractivity contribution >= 4 is 29.7 Å². The fourth-order valence-corrected chi connectivity index (χ4v) is 1.31. The molecule has 0 fully saturated rings. The van der Waals surface area contributed by atoms with Gasteiger partial charge in [-0.2, -0.15) is 0 Å². The molecular weight excluding hydrogens is 224 g/mol. The van der Waals surface area contributed by atoms with Crippen LogP contribution in [0.1, 0.15) is 11.5 Å². The second-order valence-corrected chi connectivity index (χ2v) is 3.56. The van der Waals surface area contributed by atoms with Gasteiger partial charge in [0, 0.05) is 5.02 Å². The topological polar surface area (TPSA) is 49.4 Å². The molecule has 0 spiro atoms. The fraction of sp³-hybridized carbons (Fsp3) is 0. The zero-order valence-electron chi connectivity index (χ0n) is 8.35. The van der Waals surface area contributed by atoms with E-state index in [4.69, 9.17) is 21.4 Å². The van der Waals surface area contributed by atoms with Crippen molar-refractivity contribution in [2.45, 2.75) is 0 Å². The molecule has 0 aliphatic carbocycles. The van der Waals surface area contributed by atoms with Gasteiger partial charge in [-0.15, -0.1) is 0 Å². The van der Waals surface area contributed by atoms with Crippen molar-refractivity contribution in [1.82, 2.24) is 0 Å². The van der Waals surface area contributed by atoms with Crippen LogP contribution in [-0.4, -0.2) is 12.4 Å². The van der Waals surface area contributed by atoms with E-state index in [9.17, 15) is 0 Å². The van der Waals surface area contributed by atoms with Gasteiger partial charge in [-0.25, -0.2) is 0 Å². The molecule has 0 aliphatic rings. The Morgan fingerprint density at radius 2 is 1.75 bits per heavy atom. The van der Waals surface area contributed by atoms with E-state index in [-0.39, 0.29) is 0 Å². The van der Waals surface area contributed by atoms with Crippen LogP contribution in [0.5, 0.6) is 0 Å². The summed E-state index contributed by atoms with van der Waals surface area (Å²) < 4.78 is 5.26. The lowest BCUT2D eigenvalue weighted by atomic mass is 10.3. The first-order chi connectivity index (χ1) is 7.78. The van der Waals surface area contributed by atoms with Gasteiger partial charge in [0.05, 0.1) is 18.1 Å². The molecule has 3 nitrogen and oxygen atoms in total. The van der Waals surface area contributed by atoms with E-state index in [0.717, 1.165) is 11.9 Å². The maximum atomic E-state index is 7.00. The molecular formula is C12H9ClN2O. The molecule has 0 unspecified atom stereocenters. The van der Waals surface area contributed by atoms with E-state index in [1.54, 1.807) is 30.5 Å². The normalized spacial score (nSPS) is 10.8. The van der Waals surface area contributed by atoms with E-state index in [0.29, 0.717) is 16.5 Å². The maximum Gasteiger partial charge on any atom is 0.145 e. The second-order valence-electron chi connectivity index (χ2n) is 3.12. The summed E-state index contributed by atoms with van der Waals surface area (Å²) in [6, 6.07) is 10.7. The Labute approximate surface area is 97.9 Å². The van der Waals surface area contributed by atoms with Crippen LogP contribution in [0.3, 0.4) is 0 Å². The van der Waals surface area contributed by atoms with Crippen LogP contribution < -0.4 is 0 Å². The number of hydrogen-bond donors (Lipinski definition) is 1. The first-order valence-electron chi connectivity index (χ1n) is 4.68. The Kier molecular flexibility index (Phi) is 3.17. The molecule has 80 valence electrons. The van der Waals surface area contributed by atoms with Crippen molar-refractivity contribution in [2.24, 2.45) is 4.99 Å². The van der Waals surface area contributed by atoms with Gasteiger partial charge in [0.1, 0.15) is 11.5 Å². The van der Waals surface area contributed by atoms with Gasteiger partial charge in [-0.05, 0) is 36.4 Å². The van der Waals surface area contributed by atoms with E-state index >= 15 is 0 Å². The number of nitrogens with one attached hydrogen (secondary N) is 1. The summed E-state index contributed by atoms with van der Waals surface area (Å²) in [5.74, 6) is 1.13. The molecule has 0 aliphatic heterocycles. The van der Waals surface area contributed by atoms with Crippen LogP contribution >= 0.6 is 11.6 Å². The monoisotopic (exact) mass is 232 g/mol. The van der Waals surface area contributed by atoms with Crippen LogP contribution in [-0.2, 0) is 0 Å². The van der Waals surface area contributed by atoms with Crippen molar-refractivity contribution in [2.75, 3.05) is 0 Å². The molecule has 1 heterocycles. The zero-order chi connectivity index (χ0) is 11.4. The molecule has 2 rings (SSSR count). The molecule has 0 saturated carbocycles. The SMILES string of the molecule is N=Cc1ccc(C=Nc2ccc(Cl)cc2)o1. The Balaban J connectivity index is 2.14. The van der Waals surface area contributed by atoms with Gasteiger partial charge in [0.2, 0.25) is 0 Å². The molecule has 0 atom stereocenters. The largest absolute Gasteiger partial charge is 0.454 e. The molecule has 0 saturated heterocycles. The first kappa shape index (κ1) is 10.6. The fourth-order valence-electron chi connectivity index (χ4n) is 1.18. The smallest absolute Gasteiger partial charge is 0.145 e. The molecule has 2 aromatic rings. The lowest BCUT2D eigenvalue weighted by molar-refractivity contribution is 0.553. The van der Waals surface area contributed by atoms with Crippen LogP contribution in [0.4, 0.5) is 5.69 Å². The Hall–Kier alpha value is -1.87. The molecule has 16 heavy (non-hydrogen) atoms. The average molecular weight is 233 g/mol. The van der Waals surface area contributed by atoms with Gasteiger partial charge in [-0.3, -0.25) is 4.99 Å². The molecule has 0 bridgehead atoms. The van der Waals surface area contributed by atoms with E-state index in [1.165, 1.54) is 0 Å². The van der Waals surface area contributed by atoms with Crippen LogP contribution in [0.2, 0.25) is 5.02 Å². The van der Waals surface area contributed by atoms with Crippen molar-refractivity contribution < 1.29 is 4.42 Å². The summed E-state index contributed by atoms with van der Waals surface area (Å²) >= 11 is 5.76. The summed E-state index contributed by atoms with van der Waals surface area (Å²) in [6.07, 6.45) is 2.76. The molecule has 1 N–H and O–H groups in total. The van der Waals surface area contributed by atoms with Gasteiger partial charge >= 0.3 is 0 Å². The van der Waals surface area contributed by atoms with Gasteiger partial charge in [0.15, 0.2) is 0 Å². The van der Waals surface area contributed by atoms with Crippen molar-refractivity contribution in [3.63, 3.8) is 0 Å². The number of hydrogen-bond acceptors (Lipinski definition) is 3.